The summed E-state index contributed by atoms with van der Waals surface area (Å²) in [7, 11) is 0. The number of likely N-dealkylation sites (tertiary alicyclic amines) is 1. The molecule has 1 aromatic carbocycles. The molecular weight excluding hydrogens is 302 g/mol. The lowest BCUT2D eigenvalue weighted by atomic mass is 10.2. The molecule has 0 atom stereocenters. The van der Waals surface area contributed by atoms with E-state index in [0.29, 0.717) is 11.7 Å². The Labute approximate surface area is 143 Å². The van der Waals surface area contributed by atoms with Crippen LogP contribution in [0, 0.1) is 6.92 Å². The van der Waals surface area contributed by atoms with Crippen LogP contribution in [0.2, 0.25) is 0 Å². The van der Waals surface area contributed by atoms with Crippen molar-refractivity contribution in [2.45, 2.75) is 32.6 Å². The number of quaternary nitrogens is 1. The van der Waals surface area contributed by atoms with E-state index in [9.17, 15) is 0 Å². The third-order valence-corrected chi connectivity index (χ3v) is 4.39. The van der Waals surface area contributed by atoms with E-state index < -0.39 is 0 Å². The van der Waals surface area contributed by atoms with Gasteiger partial charge in [0.05, 0.1) is 13.1 Å². The van der Waals surface area contributed by atoms with Crippen molar-refractivity contribution in [1.29, 1.82) is 0 Å². The minimum absolute atomic E-state index is 0.510. The lowest BCUT2D eigenvalue weighted by molar-refractivity contribution is -0.899. The Kier molecular flexibility index (Phi) is 6.01. The number of hydrogen-bond acceptors (Lipinski definition) is 4. The van der Waals surface area contributed by atoms with Gasteiger partial charge in [-0.3, -0.25) is 0 Å². The van der Waals surface area contributed by atoms with Gasteiger partial charge in [0.1, 0.15) is 18.9 Å². The number of para-hydroxylation sites is 1. The average Bonchev–Trinajstić information content (AvgIpc) is 2.84. The molecule has 1 fully saturated rings. The second-order valence-corrected chi connectivity index (χ2v) is 6.31. The maximum atomic E-state index is 6.04. The van der Waals surface area contributed by atoms with Gasteiger partial charge >= 0.3 is 0 Å². The molecule has 0 amide bonds. The minimum atomic E-state index is 0.510. The zero-order valence-corrected chi connectivity index (χ0v) is 14.3. The fourth-order valence-corrected chi connectivity index (χ4v) is 3.08. The van der Waals surface area contributed by atoms with Crippen LogP contribution in [-0.4, -0.2) is 36.4 Å². The Morgan fingerprint density at radius 1 is 1.12 bits per heavy atom. The molecule has 0 radical (unpaired) electrons. The van der Waals surface area contributed by atoms with Crippen LogP contribution >= 0.6 is 0 Å². The number of benzene rings is 1. The summed E-state index contributed by atoms with van der Waals surface area (Å²) >= 11 is 0. The van der Waals surface area contributed by atoms with Gasteiger partial charge in [-0.05, 0) is 44.7 Å². The van der Waals surface area contributed by atoms with E-state index in [0.717, 1.165) is 24.5 Å². The molecule has 1 aliphatic rings. The molecular formula is C19H26N3O2+. The van der Waals surface area contributed by atoms with Gasteiger partial charge in [0.25, 0.3) is 5.89 Å². The first kappa shape index (κ1) is 16.7. The second kappa shape index (κ2) is 8.64. The summed E-state index contributed by atoms with van der Waals surface area (Å²) in [6.07, 6.45) is 9.24. The highest BCUT2D eigenvalue weighted by Gasteiger charge is 2.12. The van der Waals surface area contributed by atoms with E-state index in [-0.39, 0.29) is 0 Å². The minimum Gasteiger partial charge on any atom is -0.487 e. The van der Waals surface area contributed by atoms with Gasteiger partial charge < -0.3 is 14.2 Å². The Balaban J connectivity index is 1.56. The van der Waals surface area contributed by atoms with Crippen molar-refractivity contribution in [2.75, 3.05) is 26.2 Å². The van der Waals surface area contributed by atoms with E-state index in [1.165, 1.54) is 38.8 Å². The number of ether oxygens (including phenoxy) is 1. The predicted molar refractivity (Wildman–Crippen MR) is 93.9 cm³/mol. The number of hydrogen-bond donors (Lipinski definition) is 1. The molecule has 0 aliphatic carbocycles. The van der Waals surface area contributed by atoms with Crippen molar-refractivity contribution in [3.05, 3.63) is 41.5 Å². The number of aryl methyl sites for hydroxylation is 1. The third kappa shape index (κ3) is 4.93. The molecule has 0 bridgehead atoms. The van der Waals surface area contributed by atoms with Crippen LogP contribution in [0.3, 0.4) is 0 Å². The van der Waals surface area contributed by atoms with Gasteiger partial charge in [0.15, 0.2) is 5.82 Å². The van der Waals surface area contributed by atoms with Gasteiger partial charge in [0.2, 0.25) is 0 Å². The van der Waals surface area contributed by atoms with Crippen molar-refractivity contribution in [3.63, 3.8) is 0 Å². The molecule has 5 heteroatoms. The van der Waals surface area contributed by atoms with Gasteiger partial charge in [0, 0.05) is 11.6 Å². The number of rotatable bonds is 6. The molecule has 1 aromatic heterocycles. The average molecular weight is 328 g/mol. The van der Waals surface area contributed by atoms with Gasteiger partial charge in [-0.2, -0.15) is 4.98 Å². The highest BCUT2D eigenvalue weighted by atomic mass is 16.5. The smallest absolute Gasteiger partial charge is 0.250 e. The lowest BCUT2D eigenvalue weighted by Gasteiger charge is -2.17. The topological polar surface area (TPSA) is 52.6 Å². The van der Waals surface area contributed by atoms with Gasteiger partial charge in [-0.15, -0.1) is 0 Å². The predicted octanol–water partition coefficient (Wildman–Crippen LogP) is 2.39. The number of nitrogens with one attached hydrogen (secondary N) is 1. The molecule has 128 valence electrons. The number of aromatic nitrogens is 2. The molecule has 2 aromatic rings. The van der Waals surface area contributed by atoms with Crippen LogP contribution in [0.25, 0.3) is 12.2 Å². The standard InChI is InChI=1S/C19H25N3O2/c1-16-20-19(24-21-16)11-10-17-8-4-5-9-18(17)23-15-14-22-12-6-2-3-7-13-22/h4-5,8-11H,2-3,6-7,12-15H2,1H3/p+1/b11-10+. The van der Waals surface area contributed by atoms with Crippen molar-refractivity contribution < 1.29 is 14.2 Å². The first-order valence-electron chi connectivity index (χ1n) is 8.85. The summed E-state index contributed by atoms with van der Waals surface area (Å²) in [5.74, 6) is 2.05. The molecule has 3 rings (SSSR count). The van der Waals surface area contributed by atoms with Crippen LogP contribution < -0.4 is 9.64 Å². The van der Waals surface area contributed by atoms with Crippen LogP contribution in [0.1, 0.15) is 43.0 Å². The Hall–Kier alpha value is -2.14. The zero-order valence-electron chi connectivity index (χ0n) is 14.3. The first-order chi connectivity index (χ1) is 11.8. The fourth-order valence-electron chi connectivity index (χ4n) is 3.08. The summed E-state index contributed by atoms with van der Waals surface area (Å²) in [5.41, 5.74) is 1.03. The molecule has 2 heterocycles. The highest BCUT2D eigenvalue weighted by Crippen LogP contribution is 2.20. The number of nitrogens with zero attached hydrogens (tertiary/aromatic N) is 2. The Bertz CT molecular complexity index is 658. The quantitative estimate of drug-likeness (QED) is 0.885. The highest BCUT2D eigenvalue weighted by molar-refractivity contribution is 5.69. The third-order valence-electron chi connectivity index (χ3n) is 4.39. The molecule has 0 saturated carbocycles. The van der Waals surface area contributed by atoms with E-state index in [1.807, 2.05) is 43.3 Å². The molecule has 5 nitrogen and oxygen atoms in total. The van der Waals surface area contributed by atoms with E-state index in [1.54, 1.807) is 4.90 Å². The summed E-state index contributed by atoms with van der Waals surface area (Å²) < 4.78 is 11.1. The molecule has 1 aliphatic heterocycles. The largest absolute Gasteiger partial charge is 0.487 e. The summed E-state index contributed by atoms with van der Waals surface area (Å²) in [4.78, 5) is 5.85. The van der Waals surface area contributed by atoms with Crippen molar-refractivity contribution in [2.24, 2.45) is 0 Å². The summed E-state index contributed by atoms with van der Waals surface area (Å²) in [5, 5.41) is 3.79. The normalized spacial score (nSPS) is 16.4. The summed E-state index contributed by atoms with van der Waals surface area (Å²) in [6.45, 7) is 6.19. The maximum absolute atomic E-state index is 6.04. The molecule has 1 N–H and O–H groups in total. The van der Waals surface area contributed by atoms with Crippen LogP contribution in [0.15, 0.2) is 28.8 Å². The van der Waals surface area contributed by atoms with Gasteiger partial charge in [-0.1, -0.05) is 23.4 Å². The molecule has 24 heavy (non-hydrogen) atoms. The fraction of sp³-hybridized carbons (Fsp3) is 0.474. The maximum Gasteiger partial charge on any atom is 0.250 e. The van der Waals surface area contributed by atoms with Crippen LogP contribution in [0.4, 0.5) is 0 Å². The van der Waals surface area contributed by atoms with E-state index >= 15 is 0 Å². The SMILES string of the molecule is Cc1noc(/C=C/c2ccccc2OCC[NH+]2CCCCCC2)n1. The van der Waals surface area contributed by atoms with Crippen LogP contribution in [-0.2, 0) is 0 Å². The Morgan fingerprint density at radius 2 is 1.92 bits per heavy atom. The van der Waals surface area contributed by atoms with E-state index in [4.69, 9.17) is 9.26 Å². The second-order valence-electron chi connectivity index (χ2n) is 6.31. The van der Waals surface area contributed by atoms with Crippen LogP contribution in [0.5, 0.6) is 5.75 Å². The van der Waals surface area contributed by atoms with Gasteiger partial charge in [-0.25, -0.2) is 0 Å². The van der Waals surface area contributed by atoms with E-state index in [2.05, 4.69) is 10.1 Å². The van der Waals surface area contributed by atoms with Crippen molar-refractivity contribution in [1.82, 2.24) is 10.1 Å². The molecule has 0 unspecified atom stereocenters. The zero-order chi connectivity index (χ0) is 16.6. The molecule has 0 spiro atoms. The summed E-state index contributed by atoms with van der Waals surface area (Å²) in [6, 6.07) is 8.05. The Morgan fingerprint density at radius 3 is 2.67 bits per heavy atom. The first-order valence-corrected chi connectivity index (χ1v) is 8.85. The monoisotopic (exact) mass is 328 g/mol. The molecule has 1 saturated heterocycles. The lowest BCUT2D eigenvalue weighted by Crippen LogP contribution is -3.12. The van der Waals surface area contributed by atoms with Crippen molar-refractivity contribution in [3.8, 4) is 5.75 Å². The van der Waals surface area contributed by atoms with Crippen molar-refractivity contribution >= 4 is 12.2 Å².